The zero-order valence-corrected chi connectivity index (χ0v) is 21.0. The van der Waals surface area contributed by atoms with Gasteiger partial charge in [0.2, 0.25) is 5.91 Å². The molecule has 1 N–H and O–H groups in total. The molecule has 1 aromatic heterocycles. The third-order valence-corrected chi connectivity index (χ3v) is 7.37. The maximum absolute atomic E-state index is 13.3. The van der Waals surface area contributed by atoms with Crippen LogP contribution in [0.15, 0.2) is 76.5 Å². The molecule has 2 heterocycles. The first-order chi connectivity index (χ1) is 17.3. The molecule has 4 aromatic rings. The molecule has 0 spiro atoms. The van der Waals surface area contributed by atoms with E-state index in [4.69, 9.17) is 21.3 Å². The maximum Gasteiger partial charge on any atom is 0.307 e. The summed E-state index contributed by atoms with van der Waals surface area (Å²) in [7, 11) is 3.31. The Balaban J connectivity index is 1.65. The van der Waals surface area contributed by atoms with Gasteiger partial charge < -0.3 is 14.6 Å². The highest BCUT2D eigenvalue weighted by atomic mass is 35.5. The highest BCUT2D eigenvalue weighted by molar-refractivity contribution is 7.09. The van der Waals surface area contributed by atoms with Crippen LogP contribution in [0.25, 0.3) is 11.3 Å². The Hall–Kier alpha value is -3.75. The lowest BCUT2D eigenvalue weighted by Gasteiger charge is -2.14. The summed E-state index contributed by atoms with van der Waals surface area (Å²) >= 11 is 7.22. The maximum atomic E-state index is 13.3. The lowest BCUT2D eigenvalue weighted by atomic mass is 9.95. The van der Waals surface area contributed by atoms with E-state index in [0.717, 1.165) is 33.7 Å². The standard InChI is InChI=1S/C27H21ClFN3O3S/c1-32-25-20-12-11-19(35-2)13-21(20)24(15-3-5-16(28)6-4-15)31-22(26(25)36-27(32)34)14-23(33)30-18-9-7-17(29)8-10-18/h3-13,22H,14H2,1-2H3,(H,30,33). The molecule has 0 radical (unpaired) electrons. The molecule has 0 saturated heterocycles. The largest absolute Gasteiger partial charge is 0.497 e. The van der Waals surface area contributed by atoms with Crippen molar-refractivity contribution in [1.29, 1.82) is 0 Å². The van der Waals surface area contributed by atoms with Gasteiger partial charge in [0.1, 0.15) is 11.6 Å². The normalized spacial score (nSPS) is 14.3. The zero-order chi connectivity index (χ0) is 25.4. The monoisotopic (exact) mass is 521 g/mol. The Kier molecular flexibility index (Phi) is 6.47. The molecule has 0 bridgehead atoms. The van der Waals surface area contributed by atoms with Gasteiger partial charge in [0.15, 0.2) is 0 Å². The van der Waals surface area contributed by atoms with Crippen molar-refractivity contribution in [3.63, 3.8) is 0 Å². The first-order valence-corrected chi connectivity index (χ1v) is 12.3. The number of nitrogens with one attached hydrogen (secondary N) is 1. The fraction of sp³-hybridized carbons (Fsp3) is 0.148. The molecule has 1 aliphatic rings. The second-order valence-electron chi connectivity index (χ2n) is 8.31. The van der Waals surface area contributed by atoms with Gasteiger partial charge in [0.05, 0.1) is 35.9 Å². The summed E-state index contributed by atoms with van der Waals surface area (Å²) in [5.74, 6) is -0.0469. The number of carbonyl (C=O) groups is 1. The third kappa shape index (κ3) is 4.57. The van der Waals surface area contributed by atoms with Crippen LogP contribution in [-0.2, 0) is 11.8 Å². The van der Waals surface area contributed by atoms with Gasteiger partial charge in [0, 0.05) is 34.4 Å². The van der Waals surface area contributed by atoms with Crippen LogP contribution in [0.5, 0.6) is 5.75 Å². The zero-order valence-electron chi connectivity index (χ0n) is 19.4. The van der Waals surface area contributed by atoms with Crippen molar-refractivity contribution in [2.45, 2.75) is 12.5 Å². The van der Waals surface area contributed by atoms with Crippen LogP contribution in [0.3, 0.4) is 0 Å². The summed E-state index contributed by atoms with van der Waals surface area (Å²) in [6, 6.07) is 17.9. The van der Waals surface area contributed by atoms with Gasteiger partial charge >= 0.3 is 4.87 Å². The summed E-state index contributed by atoms with van der Waals surface area (Å²) in [6.07, 6.45) is -0.00740. The van der Waals surface area contributed by atoms with Gasteiger partial charge in [-0.15, -0.1) is 0 Å². The van der Waals surface area contributed by atoms with Gasteiger partial charge in [0.25, 0.3) is 0 Å². The summed E-state index contributed by atoms with van der Waals surface area (Å²) in [6.45, 7) is 0. The average Bonchev–Trinajstić information content (AvgIpc) is 3.10. The molecule has 1 unspecified atom stereocenters. The van der Waals surface area contributed by atoms with E-state index < -0.39 is 6.04 Å². The van der Waals surface area contributed by atoms with Crippen LogP contribution in [0.2, 0.25) is 5.02 Å². The first-order valence-electron chi connectivity index (χ1n) is 11.1. The molecule has 6 nitrogen and oxygen atoms in total. The highest BCUT2D eigenvalue weighted by Gasteiger charge is 2.31. The number of hydrogen-bond donors (Lipinski definition) is 1. The van der Waals surface area contributed by atoms with Gasteiger partial charge in [-0.2, -0.15) is 0 Å². The molecular weight excluding hydrogens is 501 g/mol. The second-order valence-corrected chi connectivity index (χ2v) is 9.74. The number of aromatic nitrogens is 1. The predicted octanol–water partition coefficient (Wildman–Crippen LogP) is 5.84. The molecule has 0 aliphatic carbocycles. The summed E-state index contributed by atoms with van der Waals surface area (Å²) in [5.41, 5.74) is 4.28. The summed E-state index contributed by atoms with van der Waals surface area (Å²) in [5, 5.41) is 3.39. The number of benzene rings is 3. The molecule has 0 fully saturated rings. The van der Waals surface area contributed by atoms with Gasteiger partial charge in [-0.1, -0.05) is 35.1 Å². The van der Waals surface area contributed by atoms with E-state index in [2.05, 4.69) is 5.32 Å². The van der Waals surface area contributed by atoms with Crippen molar-refractivity contribution in [2.24, 2.45) is 12.0 Å². The number of nitrogens with zero attached hydrogens (tertiary/aromatic N) is 2. The number of aliphatic imine (C=N–C) groups is 1. The number of fused-ring (bicyclic) bond motifs is 3. The van der Waals surface area contributed by atoms with E-state index in [1.54, 1.807) is 30.9 Å². The van der Waals surface area contributed by atoms with E-state index in [1.807, 2.05) is 30.3 Å². The Morgan fingerprint density at radius 3 is 2.53 bits per heavy atom. The lowest BCUT2D eigenvalue weighted by Crippen LogP contribution is -2.15. The molecule has 1 aliphatic heterocycles. The minimum Gasteiger partial charge on any atom is -0.497 e. The first kappa shape index (κ1) is 24.0. The number of thiazole rings is 1. The Bertz CT molecular complexity index is 1540. The van der Waals surface area contributed by atoms with E-state index in [1.165, 1.54) is 24.3 Å². The van der Waals surface area contributed by atoms with Crippen molar-refractivity contribution in [3.8, 4) is 17.0 Å². The van der Waals surface area contributed by atoms with Gasteiger partial charge in [-0.3, -0.25) is 14.6 Å². The van der Waals surface area contributed by atoms with Gasteiger partial charge in [-0.25, -0.2) is 4.39 Å². The van der Waals surface area contributed by atoms with E-state index >= 15 is 0 Å². The molecule has 1 amide bonds. The van der Waals surface area contributed by atoms with E-state index in [-0.39, 0.29) is 23.0 Å². The van der Waals surface area contributed by atoms with Gasteiger partial charge in [-0.05, 0) is 54.6 Å². The van der Waals surface area contributed by atoms with Crippen LogP contribution in [0, 0.1) is 5.82 Å². The number of ether oxygens (including phenoxy) is 1. The quantitative estimate of drug-likeness (QED) is 0.359. The van der Waals surface area contributed by atoms with Crippen molar-refractivity contribution in [1.82, 2.24) is 4.57 Å². The van der Waals surface area contributed by atoms with Crippen molar-refractivity contribution >= 4 is 40.2 Å². The summed E-state index contributed by atoms with van der Waals surface area (Å²) < 4.78 is 20.4. The number of amides is 1. The van der Waals surface area contributed by atoms with Crippen molar-refractivity contribution in [2.75, 3.05) is 12.4 Å². The minimum atomic E-state index is -0.622. The fourth-order valence-corrected chi connectivity index (χ4v) is 5.40. The third-order valence-electron chi connectivity index (χ3n) is 5.99. The molecule has 5 rings (SSSR count). The fourth-order valence-electron chi connectivity index (χ4n) is 4.24. The van der Waals surface area contributed by atoms with Crippen LogP contribution in [-0.4, -0.2) is 23.3 Å². The number of anilines is 1. The number of rotatable bonds is 5. The molecule has 1 atom stereocenters. The predicted molar refractivity (Wildman–Crippen MR) is 141 cm³/mol. The lowest BCUT2D eigenvalue weighted by molar-refractivity contribution is -0.116. The van der Waals surface area contributed by atoms with Crippen LogP contribution in [0.4, 0.5) is 10.1 Å². The Labute approximate surface area is 215 Å². The van der Waals surface area contributed by atoms with Crippen LogP contribution in [0.1, 0.15) is 28.5 Å². The average molecular weight is 522 g/mol. The highest BCUT2D eigenvalue weighted by Crippen LogP contribution is 2.41. The number of carbonyl (C=O) groups excluding carboxylic acids is 1. The number of halogens is 2. The van der Waals surface area contributed by atoms with Crippen LogP contribution >= 0.6 is 22.9 Å². The van der Waals surface area contributed by atoms with Crippen LogP contribution < -0.4 is 14.9 Å². The van der Waals surface area contributed by atoms with E-state index in [0.29, 0.717) is 27.0 Å². The molecule has 36 heavy (non-hydrogen) atoms. The molecular formula is C27H21ClFN3O3S. The van der Waals surface area contributed by atoms with Crippen molar-refractivity contribution < 1.29 is 13.9 Å². The minimum absolute atomic E-state index is 0.00740. The smallest absolute Gasteiger partial charge is 0.307 e. The van der Waals surface area contributed by atoms with Crippen molar-refractivity contribution in [3.05, 3.63) is 103 Å². The molecule has 9 heteroatoms. The second kappa shape index (κ2) is 9.72. The summed E-state index contributed by atoms with van der Waals surface area (Å²) in [4.78, 5) is 31.4. The molecule has 0 saturated carbocycles. The topological polar surface area (TPSA) is 72.7 Å². The Morgan fingerprint density at radius 2 is 1.83 bits per heavy atom. The Morgan fingerprint density at radius 1 is 1.11 bits per heavy atom. The molecule has 182 valence electrons. The SMILES string of the molecule is COc1ccc2c(c1)C(c1ccc(Cl)cc1)=NC(CC(=O)Nc1ccc(F)cc1)c1sc(=O)n(C)c1-2. The number of methoxy groups -OCH3 is 1. The molecule has 3 aromatic carbocycles. The number of hydrogen-bond acceptors (Lipinski definition) is 5. The van der Waals surface area contributed by atoms with E-state index in [9.17, 15) is 14.0 Å².